The number of carboxylic acid groups (broad SMARTS) is 1. The lowest BCUT2D eigenvalue weighted by Crippen LogP contribution is -2.40. The van der Waals surface area contributed by atoms with Crippen LogP contribution in [0.3, 0.4) is 0 Å². The van der Waals surface area contributed by atoms with E-state index in [1.807, 2.05) is 26.0 Å². The predicted octanol–water partition coefficient (Wildman–Crippen LogP) is 1.24. The number of methoxy groups -OCH3 is 1. The van der Waals surface area contributed by atoms with Crippen LogP contribution in [0.15, 0.2) is 18.2 Å². The van der Waals surface area contributed by atoms with Crippen molar-refractivity contribution in [2.24, 2.45) is 0 Å². The van der Waals surface area contributed by atoms with Crippen molar-refractivity contribution >= 4 is 11.9 Å². The number of aliphatic carboxylic acids is 1. The van der Waals surface area contributed by atoms with Crippen LogP contribution in [0.4, 0.5) is 0 Å². The zero-order valence-electron chi connectivity index (χ0n) is 12.6. The first-order chi connectivity index (χ1) is 9.95. The van der Waals surface area contributed by atoms with Crippen molar-refractivity contribution in [3.05, 3.63) is 29.3 Å². The first-order valence-electron chi connectivity index (χ1n) is 6.63. The predicted molar refractivity (Wildman–Crippen MR) is 77.5 cm³/mol. The summed E-state index contributed by atoms with van der Waals surface area (Å²) in [7, 11) is 1.50. The van der Waals surface area contributed by atoms with Gasteiger partial charge in [-0.1, -0.05) is 12.1 Å². The molecule has 21 heavy (non-hydrogen) atoms. The largest absolute Gasteiger partial charge is 0.483 e. The maximum atomic E-state index is 12.0. The number of hydrogen-bond acceptors (Lipinski definition) is 4. The molecule has 116 valence electrons. The molecule has 1 amide bonds. The molecular formula is C15H21NO5. The van der Waals surface area contributed by atoms with Gasteiger partial charge in [-0.2, -0.15) is 0 Å². The maximum absolute atomic E-state index is 12.0. The van der Waals surface area contributed by atoms with E-state index < -0.39 is 5.97 Å². The molecule has 6 heteroatoms. The second kappa shape index (κ2) is 8.26. The first-order valence-corrected chi connectivity index (χ1v) is 6.63. The van der Waals surface area contributed by atoms with E-state index in [-0.39, 0.29) is 32.2 Å². The van der Waals surface area contributed by atoms with Gasteiger partial charge in [-0.05, 0) is 31.0 Å². The average molecular weight is 295 g/mol. The van der Waals surface area contributed by atoms with Crippen molar-refractivity contribution < 1.29 is 24.2 Å². The molecule has 6 nitrogen and oxygen atoms in total. The highest BCUT2D eigenvalue weighted by Crippen LogP contribution is 2.20. The van der Waals surface area contributed by atoms with Crippen LogP contribution in [0, 0.1) is 13.8 Å². The molecule has 1 rings (SSSR count). The molecular weight excluding hydrogens is 274 g/mol. The molecule has 0 atom stereocenters. The van der Waals surface area contributed by atoms with E-state index in [1.165, 1.54) is 12.0 Å². The molecule has 0 aliphatic rings. The van der Waals surface area contributed by atoms with E-state index in [9.17, 15) is 9.59 Å². The monoisotopic (exact) mass is 295 g/mol. The van der Waals surface area contributed by atoms with Gasteiger partial charge in [0.1, 0.15) is 12.3 Å². The quantitative estimate of drug-likeness (QED) is 0.781. The summed E-state index contributed by atoms with van der Waals surface area (Å²) >= 11 is 0. The molecule has 1 N–H and O–H groups in total. The van der Waals surface area contributed by atoms with Gasteiger partial charge in [0.15, 0.2) is 6.61 Å². The number of amides is 1. The fraction of sp³-hybridized carbons (Fsp3) is 0.467. The Bertz CT molecular complexity index is 501. The molecule has 0 aliphatic carbocycles. The summed E-state index contributed by atoms with van der Waals surface area (Å²) in [6.45, 7) is 3.81. The Hall–Kier alpha value is -2.08. The molecule has 0 aliphatic heterocycles. The van der Waals surface area contributed by atoms with Crippen molar-refractivity contribution in [1.29, 1.82) is 0 Å². The van der Waals surface area contributed by atoms with E-state index in [0.29, 0.717) is 5.75 Å². The van der Waals surface area contributed by atoms with Gasteiger partial charge in [-0.3, -0.25) is 9.59 Å². The summed E-state index contributed by atoms with van der Waals surface area (Å²) in [4.78, 5) is 24.0. The number of rotatable bonds is 8. The highest BCUT2D eigenvalue weighted by atomic mass is 16.5. The topological polar surface area (TPSA) is 76.1 Å². The van der Waals surface area contributed by atoms with Gasteiger partial charge >= 0.3 is 5.97 Å². The van der Waals surface area contributed by atoms with Crippen LogP contribution in [0.1, 0.15) is 11.1 Å². The van der Waals surface area contributed by atoms with Crippen LogP contribution in [0.2, 0.25) is 0 Å². The van der Waals surface area contributed by atoms with Gasteiger partial charge in [0.2, 0.25) is 0 Å². The Kier molecular flexibility index (Phi) is 6.68. The van der Waals surface area contributed by atoms with Crippen LogP contribution in [0.25, 0.3) is 0 Å². The van der Waals surface area contributed by atoms with Crippen molar-refractivity contribution in [1.82, 2.24) is 4.90 Å². The van der Waals surface area contributed by atoms with Gasteiger partial charge in [0.05, 0.1) is 6.61 Å². The number of hydrogen-bond donors (Lipinski definition) is 1. The highest BCUT2D eigenvalue weighted by Gasteiger charge is 2.17. The lowest BCUT2D eigenvalue weighted by Gasteiger charge is -2.20. The van der Waals surface area contributed by atoms with E-state index >= 15 is 0 Å². The maximum Gasteiger partial charge on any atom is 0.323 e. The van der Waals surface area contributed by atoms with E-state index in [2.05, 4.69) is 0 Å². The normalized spacial score (nSPS) is 10.2. The van der Waals surface area contributed by atoms with Gasteiger partial charge < -0.3 is 19.5 Å². The summed E-state index contributed by atoms with van der Waals surface area (Å²) < 4.78 is 10.4. The van der Waals surface area contributed by atoms with Gasteiger partial charge in [0.25, 0.3) is 5.91 Å². The number of carbonyl (C=O) groups is 2. The van der Waals surface area contributed by atoms with Gasteiger partial charge in [-0.25, -0.2) is 0 Å². The molecule has 1 aromatic rings. The van der Waals surface area contributed by atoms with Crippen LogP contribution >= 0.6 is 0 Å². The number of aryl methyl sites for hydroxylation is 1. The van der Waals surface area contributed by atoms with Gasteiger partial charge in [-0.15, -0.1) is 0 Å². The minimum atomic E-state index is -1.06. The molecule has 0 aromatic heterocycles. The number of carboxylic acids is 1. The zero-order valence-corrected chi connectivity index (χ0v) is 12.6. The van der Waals surface area contributed by atoms with Crippen molar-refractivity contribution in [3.8, 4) is 5.75 Å². The highest BCUT2D eigenvalue weighted by molar-refractivity contribution is 5.82. The lowest BCUT2D eigenvalue weighted by atomic mass is 10.1. The van der Waals surface area contributed by atoms with Crippen molar-refractivity contribution in [2.75, 3.05) is 33.4 Å². The van der Waals surface area contributed by atoms with Crippen LogP contribution < -0.4 is 4.74 Å². The van der Waals surface area contributed by atoms with E-state index in [1.54, 1.807) is 6.07 Å². The molecule has 0 saturated carbocycles. The van der Waals surface area contributed by atoms with Crippen molar-refractivity contribution in [2.45, 2.75) is 13.8 Å². The Labute approximate surface area is 124 Å². The van der Waals surface area contributed by atoms with Crippen LogP contribution in [0.5, 0.6) is 5.75 Å². The zero-order chi connectivity index (χ0) is 15.8. The summed E-state index contributed by atoms with van der Waals surface area (Å²) in [5, 5.41) is 8.82. The standard InChI is InChI=1S/C15H21NO5/c1-11-5-4-6-13(12(11)2)21-10-14(17)16(7-8-20-3)9-15(18)19/h4-6H,7-10H2,1-3H3,(H,18,19). The Morgan fingerprint density at radius 3 is 2.62 bits per heavy atom. The summed E-state index contributed by atoms with van der Waals surface area (Å²) in [6, 6.07) is 5.59. The molecule has 0 heterocycles. The summed E-state index contributed by atoms with van der Waals surface area (Å²) in [5.41, 5.74) is 2.04. The lowest BCUT2D eigenvalue weighted by molar-refractivity contribution is -0.145. The number of benzene rings is 1. The molecule has 0 unspecified atom stereocenters. The average Bonchev–Trinajstić information content (AvgIpc) is 2.44. The molecule has 0 spiro atoms. The second-order valence-electron chi connectivity index (χ2n) is 4.69. The smallest absolute Gasteiger partial charge is 0.323 e. The minimum Gasteiger partial charge on any atom is -0.483 e. The molecule has 0 saturated heterocycles. The third-order valence-corrected chi connectivity index (χ3v) is 3.15. The van der Waals surface area contributed by atoms with Gasteiger partial charge in [0, 0.05) is 13.7 Å². The molecule has 0 bridgehead atoms. The second-order valence-corrected chi connectivity index (χ2v) is 4.69. The number of ether oxygens (including phenoxy) is 2. The molecule has 0 radical (unpaired) electrons. The molecule has 1 aromatic carbocycles. The van der Waals surface area contributed by atoms with Crippen molar-refractivity contribution in [3.63, 3.8) is 0 Å². The summed E-state index contributed by atoms with van der Waals surface area (Å²) in [5.74, 6) is -0.813. The SMILES string of the molecule is COCCN(CC(=O)O)C(=O)COc1cccc(C)c1C. The van der Waals surface area contributed by atoms with E-state index in [4.69, 9.17) is 14.6 Å². The Morgan fingerprint density at radius 2 is 2.00 bits per heavy atom. The van der Waals surface area contributed by atoms with Crippen LogP contribution in [-0.2, 0) is 14.3 Å². The van der Waals surface area contributed by atoms with Crippen LogP contribution in [-0.4, -0.2) is 55.3 Å². The minimum absolute atomic E-state index is 0.193. The Balaban J connectivity index is 2.64. The summed E-state index contributed by atoms with van der Waals surface area (Å²) in [6.07, 6.45) is 0. The third kappa shape index (κ3) is 5.43. The fourth-order valence-corrected chi connectivity index (χ4v) is 1.77. The fourth-order valence-electron chi connectivity index (χ4n) is 1.77. The number of nitrogens with zero attached hydrogens (tertiary/aromatic N) is 1. The molecule has 0 fully saturated rings. The van der Waals surface area contributed by atoms with E-state index in [0.717, 1.165) is 11.1 Å². The Morgan fingerprint density at radius 1 is 1.29 bits per heavy atom. The number of carbonyl (C=O) groups excluding carboxylic acids is 1. The first kappa shape index (κ1) is 17.0. The third-order valence-electron chi connectivity index (χ3n) is 3.15.